The van der Waals surface area contributed by atoms with Crippen molar-refractivity contribution in [2.24, 2.45) is 0 Å². The number of hydrogen-bond acceptors (Lipinski definition) is 2. The molecule has 1 heterocycles. The van der Waals surface area contributed by atoms with Gasteiger partial charge in [-0.3, -0.25) is 4.98 Å². The molecular weight excluding hydrogens is 164 g/mol. The zero-order valence-electron chi connectivity index (χ0n) is 6.59. The molecule has 0 amide bonds. The Morgan fingerprint density at radius 1 is 1.58 bits per heavy atom. The lowest BCUT2D eigenvalue weighted by atomic mass is 10.1. The van der Waals surface area contributed by atoms with Gasteiger partial charge in [0.15, 0.2) is 0 Å². The molecule has 0 bridgehead atoms. The number of nitrogens with zero attached hydrogens (tertiary/aromatic N) is 1. The SMILES string of the molecule is Cc1c(C(F)F)ccnc1CO. The molecule has 0 unspecified atom stereocenters. The molecule has 1 aromatic rings. The predicted molar refractivity (Wildman–Crippen MR) is 39.9 cm³/mol. The van der Waals surface area contributed by atoms with E-state index in [9.17, 15) is 8.78 Å². The van der Waals surface area contributed by atoms with Crippen LogP contribution in [0.2, 0.25) is 0 Å². The number of aliphatic hydroxyl groups excluding tert-OH is 1. The van der Waals surface area contributed by atoms with Crippen LogP contribution >= 0.6 is 0 Å². The van der Waals surface area contributed by atoms with Gasteiger partial charge >= 0.3 is 0 Å². The smallest absolute Gasteiger partial charge is 0.264 e. The van der Waals surface area contributed by atoms with Crippen molar-refractivity contribution in [2.45, 2.75) is 20.0 Å². The highest BCUT2D eigenvalue weighted by Gasteiger charge is 2.12. The number of halogens is 2. The summed E-state index contributed by atoms with van der Waals surface area (Å²) in [5.74, 6) is 0. The zero-order valence-corrected chi connectivity index (χ0v) is 6.59. The zero-order chi connectivity index (χ0) is 9.14. The molecule has 1 N–H and O–H groups in total. The van der Waals surface area contributed by atoms with E-state index < -0.39 is 6.43 Å². The van der Waals surface area contributed by atoms with Crippen molar-refractivity contribution in [1.82, 2.24) is 4.98 Å². The molecule has 2 nitrogen and oxygen atoms in total. The monoisotopic (exact) mass is 173 g/mol. The maximum Gasteiger partial charge on any atom is 0.264 e. The van der Waals surface area contributed by atoms with Gasteiger partial charge in [0.25, 0.3) is 6.43 Å². The summed E-state index contributed by atoms with van der Waals surface area (Å²) in [6, 6.07) is 1.26. The Hall–Kier alpha value is -1.03. The number of aliphatic hydroxyl groups is 1. The Morgan fingerprint density at radius 2 is 2.25 bits per heavy atom. The maximum atomic E-state index is 12.2. The van der Waals surface area contributed by atoms with Gasteiger partial charge in [-0.1, -0.05) is 0 Å². The fourth-order valence-corrected chi connectivity index (χ4v) is 0.992. The van der Waals surface area contributed by atoms with Gasteiger partial charge in [-0.2, -0.15) is 0 Å². The summed E-state index contributed by atoms with van der Waals surface area (Å²) in [6.07, 6.45) is -1.22. The lowest BCUT2D eigenvalue weighted by Crippen LogP contribution is -1.98. The first-order chi connectivity index (χ1) is 5.66. The van der Waals surface area contributed by atoms with E-state index in [0.717, 1.165) is 0 Å². The van der Waals surface area contributed by atoms with Crippen LogP contribution in [0.3, 0.4) is 0 Å². The number of pyridine rings is 1. The molecule has 4 heteroatoms. The second kappa shape index (κ2) is 3.58. The van der Waals surface area contributed by atoms with Crippen LogP contribution in [0.1, 0.15) is 23.2 Å². The van der Waals surface area contributed by atoms with Gasteiger partial charge in [-0.05, 0) is 18.6 Å². The second-order valence-electron chi connectivity index (χ2n) is 2.43. The van der Waals surface area contributed by atoms with Gasteiger partial charge in [0.2, 0.25) is 0 Å². The third kappa shape index (κ3) is 1.58. The lowest BCUT2D eigenvalue weighted by Gasteiger charge is -2.06. The van der Waals surface area contributed by atoms with Crippen molar-refractivity contribution in [2.75, 3.05) is 0 Å². The molecule has 66 valence electrons. The fourth-order valence-electron chi connectivity index (χ4n) is 0.992. The molecule has 0 aromatic carbocycles. The molecule has 1 aromatic heterocycles. The molecule has 0 spiro atoms. The summed E-state index contributed by atoms with van der Waals surface area (Å²) in [5.41, 5.74) is 0.622. The lowest BCUT2D eigenvalue weighted by molar-refractivity contribution is 0.150. The Bertz CT molecular complexity index is 276. The molecule has 1 rings (SSSR count). The molecule has 0 saturated carbocycles. The standard InChI is InChI=1S/C8H9F2NO/c1-5-6(8(9)10)2-3-11-7(5)4-12/h2-3,8,12H,4H2,1H3. The average Bonchev–Trinajstić information content (AvgIpc) is 2.04. The second-order valence-corrected chi connectivity index (χ2v) is 2.43. The molecule has 0 aliphatic rings. The number of rotatable bonds is 2. The van der Waals surface area contributed by atoms with Gasteiger partial charge < -0.3 is 5.11 Å². The third-order valence-corrected chi connectivity index (χ3v) is 1.74. The van der Waals surface area contributed by atoms with Gasteiger partial charge in [0.1, 0.15) is 0 Å². The van der Waals surface area contributed by atoms with Gasteiger partial charge in [-0.25, -0.2) is 8.78 Å². The van der Waals surface area contributed by atoms with Crippen molar-refractivity contribution >= 4 is 0 Å². The van der Waals surface area contributed by atoms with Gasteiger partial charge in [-0.15, -0.1) is 0 Å². The number of alkyl halides is 2. The Balaban J connectivity index is 3.14. The van der Waals surface area contributed by atoms with Crippen molar-refractivity contribution in [3.05, 3.63) is 29.1 Å². The Labute approximate surface area is 68.9 Å². The van der Waals surface area contributed by atoms with Gasteiger partial charge in [0, 0.05) is 11.8 Å². The largest absolute Gasteiger partial charge is 0.390 e. The first-order valence-corrected chi connectivity index (χ1v) is 3.50. The van der Waals surface area contributed by atoms with E-state index in [2.05, 4.69) is 4.98 Å². The fraction of sp³-hybridized carbons (Fsp3) is 0.375. The number of hydrogen-bond donors (Lipinski definition) is 1. The molecule has 0 aliphatic carbocycles. The van der Waals surface area contributed by atoms with Crippen LogP contribution in [-0.4, -0.2) is 10.1 Å². The summed E-state index contributed by atoms with van der Waals surface area (Å²) in [7, 11) is 0. The topological polar surface area (TPSA) is 33.1 Å². The Kier molecular flexibility index (Phi) is 2.70. The minimum Gasteiger partial charge on any atom is -0.390 e. The highest BCUT2D eigenvalue weighted by Crippen LogP contribution is 2.23. The van der Waals surface area contributed by atoms with Crippen molar-refractivity contribution in [3.8, 4) is 0 Å². The quantitative estimate of drug-likeness (QED) is 0.739. The third-order valence-electron chi connectivity index (χ3n) is 1.74. The predicted octanol–water partition coefficient (Wildman–Crippen LogP) is 1.82. The van der Waals surface area contributed by atoms with E-state index >= 15 is 0 Å². The van der Waals surface area contributed by atoms with E-state index in [-0.39, 0.29) is 12.2 Å². The van der Waals surface area contributed by atoms with E-state index in [1.807, 2.05) is 0 Å². The van der Waals surface area contributed by atoms with E-state index in [1.54, 1.807) is 0 Å². The minimum absolute atomic E-state index is 0.0611. The van der Waals surface area contributed by atoms with Crippen LogP contribution in [0.25, 0.3) is 0 Å². The molecule has 0 radical (unpaired) electrons. The summed E-state index contributed by atoms with van der Waals surface area (Å²) < 4.78 is 24.5. The van der Waals surface area contributed by atoms with Crippen LogP contribution in [0.15, 0.2) is 12.3 Å². The van der Waals surface area contributed by atoms with Crippen molar-refractivity contribution < 1.29 is 13.9 Å². The van der Waals surface area contributed by atoms with E-state index in [4.69, 9.17) is 5.11 Å². The van der Waals surface area contributed by atoms with Crippen LogP contribution in [-0.2, 0) is 6.61 Å². The molecule has 0 saturated heterocycles. The van der Waals surface area contributed by atoms with Crippen LogP contribution in [0.4, 0.5) is 8.78 Å². The first-order valence-electron chi connectivity index (χ1n) is 3.50. The van der Waals surface area contributed by atoms with Crippen molar-refractivity contribution in [3.63, 3.8) is 0 Å². The summed E-state index contributed by atoms with van der Waals surface area (Å²) >= 11 is 0. The van der Waals surface area contributed by atoms with E-state index in [0.29, 0.717) is 11.3 Å². The highest BCUT2D eigenvalue weighted by atomic mass is 19.3. The van der Waals surface area contributed by atoms with Crippen LogP contribution < -0.4 is 0 Å². The minimum atomic E-state index is -2.50. The molecule has 12 heavy (non-hydrogen) atoms. The molecule has 0 aliphatic heterocycles. The van der Waals surface area contributed by atoms with E-state index in [1.165, 1.54) is 19.2 Å². The number of aromatic nitrogens is 1. The summed E-state index contributed by atoms with van der Waals surface area (Å²) in [4.78, 5) is 3.76. The first kappa shape index (κ1) is 9.06. The summed E-state index contributed by atoms with van der Waals surface area (Å²) in [6.45, 7) is 1.23. The van der Waals surface area contributed by atoms with Crippen LogP contribution in [0, 0.1) is 6.92 Å². The summed E-state index contributed by atoms with van der Waals surface area (Å²) in [5, 5.41) is 8.72. The normalized spacial score (nSPS) is 10.8. The van der Waals surface area contributed by atoms with Crippen molar-refractivity contribution in [1.29, 1.82) is 0 Å². The molecule has 0 atom stereocenters. The van der Waals surface area contributed by atoms with Gasteiger partial charge in [0.05, 0.1) is 12.3 Å². The Morgan fingerprint density at radius 3 is 2.75 bits per heavy atom. The van der Waals surface area contributed by atoms with Crippen LogP contribution in [0.5, 0.6) is 0 Å². The maximum absolute atomic E-state index is 12.2. The average molecular weight is 173 g/mol. The highest BCUT2D eigenvalue weighted by molar-refractivity contribution is 5.29. The molecular formula is C8H9F2NO. The molecule has 0 fully saturated rings.